The van der Waals surface area contributed by atoms with E-state index in [0.717, 1.165) is 24.1 Å². The average Bonchev–Trinajstić information content (AvgIpc) is 2.76. The third-order valence-electron chi connectivity index (χ3n) is 5.85. The second-order valence-electron chi connectivity index (χ2n) is 8.10. The second kappa shape index (κ2) is 11.0. The van der Waals surface area contributed by atoms with Gasteiger partial charge in [0.2, 0.25) is 0 Å². The van der Waals surface area contributed by atoms with Crippen LogP contribution in [0.2, 0.25) is 0 Å². The number of rotatable bonds is 7. The summed E-state index contributed by atoms with van der Waals surface area (Å²) in [5.74, 6) is 0.985. The van der Waals surface area contributed by atoms with Crippen molar-refractivity contribution in [1.29, 1.82) is 0 Å². The third-order valence-corrected chi connectivity index (χ3v) is 5.85. The molecule has 1 aliphatic carbocycles. The van der Waals surface area contributed by atoms with Crippen LogP contribution in [-0.2, 0) is 11.3 Å². The summed E-state index contributed by atoms with van der Waals surface area (Å²) in [6, 6.07) is 8.86. The van der Waals surface area contributed by atoms with Crippen LogP contribution >= 0.6 is 0 Å². The maximum absolute atomic E-state index is 10.9. The lowest BCUT2D eigenvalue weighted by Crippen LogP contribution is -2.53. The Morgan fingerprint density at radius 1 is 1.24 bits per heavy atom. The first kappa shape index (κ1) is 21.4. The normalized spacial score (nSPS) is 21.6. The summed E-state index contributed by atoms with van der Waals surface area (Å²) in [6.07, 6.45) is 9.29. The molecule has 1 heterocycles. The molecule has 160 valence electrons. The smallest absolute Gasteiger partial charge is 0.255 e. The zero-order valence-electron chi connectivity index (χ0n) is 17.5. The molecule has 0 spiro atoms. The van der Waals surface area contributed by atoms with Gasteiger partial charge in [-0.05, 0) is 49.9 Å². The molecule has 7 heteroatoms. The number of nitrogens with zero attached hydrogens (tertiary/aromatic N) is 2. The van der Waals surface area contributed by atoms with Gasteiger partial charge in [0.1, 0.15) is 5.75 Å². The molecule has 0 aromatic heterocycles. The number of nitrogens with one attached hydrogen (secondary N) is 2. The Kier molecular flexibility index (Phi) is 8.16. The fourth-order valence-corrected chi connectivity index (χ4v) is 4.38. The van der Waals surface area contributed by atoms with E-state index in [-0.39, 0.29) is 6.61 Å². The standard InChI is InChI=1S/C22H35N5O2/c1-24-22(25-14-17-7-5-11-20(13-17)29-16-21(23)28)26-18-8-6-12-27(15-18)19-9-3-2-4-10-19/h5,7,11,13,18-19H,2-4,6,8-10,12,14-16H2,1H3,(H2,23,28)(H2,24,25,26). The Bertz CT molecular complexity index is 688. The van der Waals surface area contributed by atoms with Crippen LogP contribution < -0.4 is 21.1 Å². The highest BCUT2D eigenvalue weighted by Gasteiger charge is 2.27. The predicted octanol–water partition coefficient (Wildman–Crippen LogP) is 2.01. The van der Waals surface area contributed by atoms with Crippen molar-refractivity contribution in [2.45, 2.75) is 63.6 Å². The van der Waals surface area contributed by atoms with E-state index in [2.05, 4.69) is 20.5 Å². The van der Waals surface area contributed by atoms with Gasteiger partial charge in [-0.2, -0.15) is 0 Å². The zero-order valence-corrected chi connectivity index (χ0v) is 17.5. The Morgan fingerprint density at radius 3 is 2.83 bits per heavy atom. The molecule has 1 unspecified atom stereocenters. The highest BCUT2D eigenvalue weighted by molar-refractivity contribution is 5.80. The molecule has 2 fully saturated rings. The maximum atomic E-state index is 10.9. The van der Waals surface area contributed by atoms with Crippen LogP contribution in [0.3, 0.4) is 0 Å². The van der Waals surface area contributed by atoms with E-state index < -0.39 is 5.91 Å². The molecule has 7 nitrogen and oxygen atoms in total. The highest BCUT2D eigenvalue weighted by atomic mass is 16.5. The first-order chi connectivity index (χ1) is 14.1. The van der Waals surface area contributed by atoms with Crippen molar-refractivity contribution in [3.63, 3.8) is 0 Å². The largest absolute Gasteiger partial charge is 0.484 e. The van der Waals surface area contributed by atoms with Crippen LogP contribution in [0.1, 0.15) is 50.5 Å². The van der Waals surface area contributed by atoms with Gasteiger partial charge in [0, 0.05) is 32.2 Å². The minimum Gasteiger partial charge on any atom is -0.484 e. The van der Waals surface area contributed by atoms with E-state index >= 15 is 0 Å². The molecular formula is C22H35N5O2. The van der Waals surface area contributed by atoms with Gasteiger partial charge in [-0.3, -0.25) is 14.7 Å². The highest BCUT2D eigenvalue weighted by Crippen LogP contribution is 2.25. The second-order valence-corrected chi connectivity index (χ2v) is 8.10. The fraction of sp³-hybridized carbons (Fsp3) is 0.636. The number of nitrogens with two attached hydrogens (primary N) is 1. The molecule has 1 amide bonds. The number of likely N-dealkylation sites (tertiary alicyclic amines) is 1. The van der Waals surface area contributed by atoms with Gasteiger partial charge >= 0.3 is 0 Å². The van der Waals surface area contributed by atoms with Crippen LogP contribution in [0.25, 0.3) is 0 Å². The topological polar surface area (TPSA) is 92.0 Å². The first-order valence-corrected chi connectivity index (χ1v) is 10.9. The number of piperidine rings is 1. The summed E-state index contributed by atoms with van der Waals surface area (Å²) in [5, 5.41) is 7.00. The van der Waals surface area contributed by atoms with Crippen molar-refractivity contribution in [2.75, 3.05) is 26.7 Å². The molecule has 0 bridgehead atoms. The van der Waals surface area contributed by atoms with Gasteiger partial charge in [-0.15, -0.1) is 0 Å². The Hall–Kier alpha value is -2.28. The van der Waals surface area contributed by atoms with Gasteiger partial charge in [-0.25, -0.2) is 0 Å². The van der Waals surface area contributed by atoms with Crippen LogP contribution in [-0.4, -0.2) is 55.6 Å². The Morgan fingerprint density at radius 2 is 2.07 bits per heavy atom. The van der Waals surface area contributed by atoms with Crippen molar-refractivity contribution in [3.05, 3.63) is 29.8 Å². The van der Waals surface area contributed by atoms with Crippen molar-refractivity contribution >= 4 is 11.9 Å². The van der Waals surface area contributed by atoms with Crippen molar-refractivity contribution < 1.29 is 9.53 Å². The number of amides is 1. The Balaban J connectivity index is 1.47. The maximum Gasteiger partial charge on any atom is 0.255 e. The number of guanidine groups is 1. The van der Waals surface area contributed by atoms with Crippen LogP contribution in [0, 0.1) is 0 Å². The van der Waals surface area contributed by atoms with E-state index in [1.54, 1.807) is 0 Å². The van der Waals surface area contributed by atoms with Crippen molar-refractivity contribution in [1.82, 2.24) is 15.5 Å². The van der Waals surface area contributed by atoms with Gasteiger partial charge in [0.25, 0.3) is 5.91 Å². The molecule has 2 aliphatic rings. The number of carbonyl (C=O) groups is 1. The fourth-order valence-electron chi connectivity index (χ4n) is 4.38. The molecule has 4 N–H and O–H groups in total. The van der Waals surface area contributed by atoms with E-state index in [4.69, 9.17) is 10.5 Å². The lowest BCUT2D eigenvalue weighted by Gasteiger charge is -2.40. The summed E-state index contributed by atoms with van der Waals surface area (Å²) in [4.78, 5) is 18.0. The summed E-state index contributed by atoms with van der Waals surface area (Å²) in [5.41, 5.74) is 6.19. The molecule has 1 aromatic rings. The predicted molar refractivity (Wildman–Crippen MR) is 116 cm³/mol. The average molecular weight is 402 g/mol. The van der Waals surface area contributed by atoms with Crippen molar-refractivity contribution in [3.8, 4) is 5.75 Å². The van der Waals surface area contributed by atoms with Crippen LogP contribution in [0.15, 0.2) is 29.3 Å². The Labute approximate surface area is 174 Å². The van der Waals surface area contributed by atoms with Gasteiger partial charge in [0.15, 0.2) is 12.6 Å². The number of aliphatic imine (C=N–C) groups is 1. The first-order valence-electron chi connectivity index (χ1n) is 10.9. The molecule has 3 rings (SSSR count). The molecule has 29 heavy (non-hydrogen) atoms. The summed E-state index contributed by atoms with van der Waals surface area (Å²) in [7, 11) is 1.81. The monoisotopic (exact) mass is 401 g/mol. The minimum absolute atomic E-state index is 0.112. The van der Waals surface area contributed by atoms with Gasteiger partial charge < -0.3 is 21.1 Å². The van der Waals surface area contributed by atoms with Crippen LogP contribution in [0.5, 0.6) is 5.75 Å². The van der Waals surface area contributed by atoms with E-state index in [1.807, 2.05) is 31.3 Å². The van der Waals surface area contributed by atoms with E-state index in [9.17, 15) is 4.79 Å². The zero-order chi connectivity index (χ0) is 20.5. The molecular weight excluding hydrogens is 366 g/mol. The number of ether oxygens (including phenoxy) is 1. The number of carbonyl (C=O) groups excluding carboxylic acids is 1. The van der Waals surface area contributed by atoms with Gasteiger partial charge in [-0.1, -0.05) is 31.4 Å². The van der Waals surface area contributed by atoms with Crippen LogP contribution in [0.4, 0.5) is 0 Å². The number of hydrogen-bond acceptors (Lipinski definition) is 4. The lowest BCUT2D eigenvalue weighted by molar-refractivity contribution is -0.119. The molecule has 1 saturated carbocycles. The van der Waals surface area contributed by atoms with Crippen molar-refractivity contribution in [2.24, 2.45) is 10.7 Å². The lowest BCUT2D eigenvalue weighted by atomic mass is 9.92. The van der Waals surface area contributed by atoms with E-state index in [1.165, 1.54) is 51.5 Å². The third kappa shape index (κ3) is 6.92. The number of hydrogen-bond donors (Lipinski definition) is 3. The number of primary amides is 1. The molecule has 1 atom stereocenters. The molecule has 1 aromatic carbocycles. The SMILES string of the molecule is CN=C(NCc1cccc(OCC(N)=O)c1)NC1CCCN(C2CCCCC2)C1. The molecule has 1 saturated heterocycles. The number of benzene rings is 1. The molecule has 1 aliphatic heterocycles. The summed E-state index contributed by atoms with van der Waals surface area (Å²) < 4.78 is 5.38. The van der Waals surface area contributed by atoms with E-state index in [0.29, 0.717) is 18.3 Å². The summed E-state index contributed by atoms with van der Waals surface area (Å²) >= 11 is 0. The minimum atomic E-state index is -0.479. The quantitative estimate of drug-likeness (QED) is 0.480. The summed E-state index contributed by atoms with van der Waals surface area (Å²) in [6.45, 7) is 2.85. The van der Waals surface area contributed by atoms with Gasteiger partial charge in [0.05, 0.1) is 0 Å². The molecule has 0 radical (unpaired) electrons.